The predicted octanol–water partition coefficient (Wildman–Crippen LogP) is 2.96. The number of nitrogen functional groups attached to an aromatic ring is 1. The van der Waals surface area contributed by atoms with E-state index in [4.69, 9.17) is 5.73 Å². The van der Waals surface area contributed by atoms with Crippen molar-refractivity contribution in [3.63, 3.8) is 0 Å². The number of nitrogens with two attached hydrogens (primary N) is 1. The number of H-pyrrole nitrogens is 1. The third-order valence-electron chi connectivity index (χ3n) is 6.84. The van der Waals surface area contributed by atoms with E-state index in [1.165, 1.54) is 4.52 Å². The van der Waals surface area contributed by atoms with E-state index in [-0.39, 0.29) is 22.3 Å². The average Bonchev–Trinajstić information content (AvgIpc) is 3.70. The van der Waals surface area contributed by atoms with Crippen molar-refractivity contribution >= 4 is 39.9 Å². The summed E-state index contributed by atoms with van der Waals surface area (Å²) in [5, 5.41) is 12.0. The highest BCUT2D eigenvalue weighted by Gasteiger charge is 2.23. The van der Waals surface area contributed by atoms with Gasteiger partial charge in [0, 0.05) is 54.7 Å². The molecule has 1 amide bonds. The van der Waals surface area contributed by atoms with Gasteiger partial charge in [-0.1, -0.05) is 35.7 Å². The van der Waals surface area contributed by atoms with E-state index < -0.39 is 11.9 Å². The van der Waals surface area contributed by atoms with E-state index in [2.05, 4.69) is 49.4 Å². The van der Waals surface area contributed by atoms with E-state index in [0.29, 0.717) is 35.3 Å². The van der Waals surface area contributed by atoms with Crippen LogP contribution in [0.5, 0.6) is 0 Å². The minimum Gasteiger partial charge on any atom is -0.381 e. The van der Waals surface area contributed by atoms with Gasteiger partial charge < -0.3 is 25.9 Å². The van der Waals surface area contributed by atoms with Crippen molar-refractivity contribution < 1.29 is 4.79 Å². The molecule has 5 N–H and O–H groups in total. The lowest BCUT2D eigenvalue weighted by Gasteiger charge is -2.21. The number of thioether (sulfide) groups is 1. The standard InChI is InChI=1S/C29H27N9O2S/c1-17(35-28(39)25-26(30)36-38-11-4-10-32-27(25)38)23-13-20-6-3-5-19(7-8-22-15-33-18(2)41-22)24(20)29(40)37(23)12-9-21-14-31-16-34-21/h3-6,10-11,13-18,33H,9,12H2,1-2H3,(H2,30,36)(H,31,34)(H,35,39). The van der Waals surface area contributed by atoms with Crippen LogP contribution >= 0.6 is 11.8 Å². The molecule has 12 heteroatoms. The number of nitrogens with zero attached hydrogens (tertiary/aromatic N) is 5. The van der Waals surface area contributed by atoms with E-state index >= 15 is 0 Å². The molecule has 1 aliphatic heterocycles. The summed E-state index contributed by atoms with van der Waals surface area (Å²) in [6.07, 6.45) is 9.03. The van der Waals surface area contributed by atoms with Gasteiger partial charge in [0.25, 0.3) is 11.5 Å². The Balaban J connectivity index is 1.40. The second-order valence-electron chi connectivity index (χ2n) is 9.65. The number of aromatic nitrogens is 6. The number of nitrogens with one attached hydrogen (secondary N) is 3. The lowest BCUT2D eigenvalue weighted by Crippen LogP contribution is -2.33. The molecule has 0 saturated heterocycles. The number of carbonyl (C=O) groups is 1. The quantitative estimate of drug-likeness (QED) is 0.230. The van der Waals surface area contributed by atoms with Crippen molar-refractivity contribution in [3.05, 3.63) is 99.2 Å². The number of rotatable bonds is 6. The van der Waals surface area contributed by atoms with Gasteiger partial charge in [-0.3, -0.25) is 9.59 Å². The first-order valence-electron chi connectivity index (χ1n) is 13.1. The Morgan fingerprint density at radius 3 is 2.95 bits per heavy atom. The second-order valence-corrected chi connectivity index (χ2v) is 11.0. The number of imidazole rings is 1. The van der Waals surface area contributed by atoms with Crippen molar-refractivity contribution in [1.82, 2.24) is 39.8 Å². The molecule has 206 valence electrons. The van der Waals surface area contributed by atoms with Crippen LogP contribution in [0.3, 0.4) is 0 Å². The molecule has 1 aromatic carbocycles. The summed E-state index contributed by atoms with van der Waals surface area (Å²) < 4.78 is 3.16. The minimum absolute atomic E-state index is 0.0758. The largest absolute Gasteiger partial charge is 0.381 e. The first kappa shape index (κ1) is 26.2. The van der Waals surface area contributed by atoms with Crippen LogP contribution in [0, 0.1) is 11.8 Å². The Morgan fingerprint density at radius 2 is 2.17 bits per heavy atom. The highest BCUT2D eigenvalue weighted by molar-refractivity contribution is 8.04. The molecule has 5 aromatic rings. The lowest BCUT2D eigenvalue weighted by atomic mass is 10.0. The smallest absolute Gasteiger partial charge is 0.259 e. The molecule has 0 fully saturated rings. The molecule has 1 aliphatic rings. The van der Waals surface area contributed by atoms with Gasteiger partial charge in [-0.25, -0.2) is 14.5 Å². The zero-order valence-electron chi connectivity index (χ0n) is 22.4. The SMILES string of the molecule is CC1NC=C(C#Cc2cccc3cc(C(C)NC(=O)c4c(N)nn5cccnc45)n(CCc4cnc[nH]4)c(=O)c23)S1. The summed E-state index contributed by atoms with van der Waals surface area (Å²) in [5.74, 6) is 6.04. The maximum absolute atomic E-state index is 14.1. The van der Waals surface area contributed by atoms with Gasteiger partial charge in [-0.15, -0.1) is 5.10 Å². The van der Waals surface area contributed by atoms with Gasteiger partial charge >= 0.3 is 0 Å². The average molecular weight is 566 g/mol. The number of aryl methyl sites for hydroxylation is 1. The monoisotopic (exact) mass is 565 g/mol. The topological polar surface area (TPSA) is 148 Å². The molecule has 11 nitrogen and oxygen atoms in total. The van der Waals surface area contributed by atoms with Gasteiger partial charge in [0.05, 0.1) is 28.0 Å². The number of carbonyl (C=O) groups excluding carboxylic acids is 1. The van der Waals surface area contributed by atoms with E-state index in [1.54, 1.807) is 47.3 Å². The summed E-state index contributed by atoms with van der Waals surface area (Å²) in [7, 11) is 0. The molecule has 41 heavy (non-hydrogen) atoms. The van der Waals surface area contributed by atoms with Crippen LogP contribution in [0.1, 0.15) is 47.2 Å². The molecule has 2 unspecified atom stereocenters. The number of benzene rings is 1. The molecule has 0 aliphatic carbocycles. The van der Waals surface area contributed by atoms with Crippen molar-refractivity contribution in [2.24, 2.45) is 0 Å². The van der Waals surface area contributed by atoms with Crippen LogP contribution in [0.2, 0.25) is 0 Å². The fraction of sp³-hybridized carbons (Fsp3) is 0.207. The number of fused-ring (bicyclic) bond motifs is 2. The molecule has 0 radical (unpaired) electrons. The summed E-state index contributed by atoms with van der Waals surface area (Å²) in [6, 6.07) is 8.73. The van der Waals surface area contributed by atoms with Crippen molar-refractivity contribution in [2.45, 2.75) is 38.2 Å². The Morgan fingerprint density at radius 1 is 1.29 bits per heavy atom. The highest BCUT2D eigenvalue weighted by atomic mass is 32.2. The van der Waals surface area contributed by atoms with Gasteiger partial charge in [0.15, 0.2) is 11.5 Å². The van der Waals surface area contributed by atoms with Crippen LogP contribution in [0.4, 0.5) is 5.82 Å². The lowest BCUT2D eigenvalue weighted by molar-refractivity contribution is 0.0940. The third kappa shape index (κ3) is 5.15. The van der Waals surface area contributed by atoms with E-state index in [0.717, 1.165) is 16.0 Å². The Bertz CT molecular complexity index is 1930. The summed E-state index contributed by atoms with van der Waals surface area (Å²) in [5.41, 5.74) is 8.63. The van der Waals surface area contributed by atoms with Crippen LogP contribution in [0.25, 0.3) is 16.4 Å². The summed E-state index contributed by atoms with van der Waals surface area (Å²) >= 11 is 1.64. The predicted molar refractivity (Wildman–Crippen MR) is 159 cm³/mol. The Hall–Kier alpha value is -5.02. The second kappa shape index (κ2) is 10.9. The molecule has 5 heterocycles. The summed E-state index contributed by atoms with van der Waals surface area (Å²) in [4.78, 5) is 39.9. The Kier molecular flexibility index (Phi) is 6.94. The fourth-order valence-corrected chi connectivity index (χ4v) is 5.64. The molecular formula is C29H27N9O2S. The maximum atomic E-state index is 14.1. The number of pyridine rings is 1. The van der Waals surface area contributed by atoms with Crippen molar-refractivity contribution in [1.29, 1.82) is 0 Å². The number of allylic oxidation sites excluding steroid dienone is 1. The van der Waals surface area contributed by atoms with Crippen LogP contribution in [-0.4, -0.2) is 40.4 Å². The minimum atomic E-state index is -0.540. The van der Waals surface area contributed by atoms with Crippen LogP contribution in [0.15, 0.2) is 71.1 Å². The number of amides is 1. The van der Waals surface area contributed by atoms with Gasteiger partial charge in [-0.2, -0.15) is 0 Å². The maximum Gasteiger partial charge on any atom is 0.259 e. The third-order valence-corrected chi connectivity index (χ3v) is 7.81. The first-order valence-corrected chi connectivity index (χ1v) is 14.0. The first-order chi connectivity index (χ1) is 19.9. The van der Waals surface area contributed by atoms with Gasteiger partial charge in [0.2, 0.25) is 0 Å². The number of anilines is 1. The fourth-order valence-electron chi connectivity index (χ4n) is 4.88. The summed E-state index contributed by atoms with van der Waals surface area (Å²) in [6.45, 7) is 4.27. The molecule has 0 bridgehead atoms. The molecule has 2 atom stereocenters. The van der Waals surface area contributed by atoms with Crippen molar-refractivity contribution in [3.8, 4) is 11.8 Å². The normalized spacial score (nSPS) is 15.3. The van der Waals surface area contributed by atoms with Crippen LogP contribution in [-0.2, 0) is 13.0 Å². The van der Waals surface area contributed by atoms with E-state index in [1.807, 2.05) is 37.4 Å². The zero-order chi connectivity index (χ0) is 28.5. The molecule has 0 spiro atoms. The Labute approximate surface area is 239 Å². The van der Waals surface area contributed by atoms with E-state index in [9.17, 15) is 9.59 Å². The highest BCUT2D eigenvalue weighted by Crippen LogP contribution is 2.25. The number of hydrogen-bond donors (Lipinski definition) is 4. The van der Waals surface area contributed by atoms with Gasteiger partial charge in [-0.05, 0) is 37.4 Å². The molecule has 4 aromatic heterocycles. The number of aromatic amines is 1. The zero-order valence-corrected chi connectivity index (χ0v) is 23.2. The molecule has 6 rings (SSSR count). The molecule has 0 saturated carbocycles. The van der Waals surface area contributed by atoms with Gasteiger partial charge in [0.1, 0.15) is 5.56 Å². The number of hydrogen-bond acceptors (Lipinski definition) is 8. The molecular weight excluding hydrogens is 538 g/mol. The van der Waals surface area contributed by atoms with Crippen LogP contribution < -0.4 is 21.9 Å². The van der Waals surface area contributed by atoms with Crippen molar-refractivity contribution in [2.75, 3.05) is 5.73 Å².